The van der Waals surface area contributed by atoms with E-state index in [1.807, 2.05) is 24.3 Å². The highest BCUT2D eigenvalue weighted by atomic mass is 35.5. The summed E-state index contributed by atoms with van der Waals surface area (Å²) in [4.78, 5) is 5.19. The quantitative estimate of drug-likeness (QED) is 0.278. The number of rotatable bonds is 6. The molecule has 0 bridgehead atoms. The number of halogens is 2. The van der Waals surface area contributed by atoms with Crippen molar-refractivity contribution < 1.29 is 0 Å². The molecular weight excluding hydrogens is 459 g/mol. The summed E-state index contributed by atoms with van der Waals surface area (Å²) in [5, 5.41) is 1.54. The Hall–Kier alpha value is -2.62. The van der Waals surface area contributed by atoms with E-state index in [9.17, 15) is 0 Å². The highest BCUT2D eigenvalue weighted by molar-refractivity contribution is 6.30. The van der Waals surface area contributed by atoms with E-state index in [1.165, 1.54) is 22.3 Å². The number of hydrogen-bond acceptors (Lipinski definition) is 2. The molecule has 4 heteroatoms. The number of benzene rings is 4. The zero-order chi connectivity index (χ0) is 23.3. The number of piperazine rings is 1. The largest absolute Gasteiger partial charge is 0.290 e. The second kappa shape index (κ2) is 10.8. The summed E-state index contributed by atoms with van der Waals surface area (Å²) in [6, 6.07) is 38.6. The van der Waals surface area contributed by atoms with Crippen LogP contribution in [-0.2, 0) is 0 Å². The Balaban J connectivity index is 1.41. The Bertz CT molecular complexity index is 1070. The molecule has 4 aromatic rings. The van der Waals surface area contributed by atoms with E-state index >= 15 is 0 Å². The summed E-state index contributed by atoms with van der Waals surface area (Å²) in [6.07, 6.45) is 0. The predicted molar refractivity (Wildman–Crippen MR) is 143 cm³/mol. The summed E-state index contributed by atoms with van der Waals surface area (Å²) in [5.74, 6) is 0. The normalized spacial score (nSPS) is 16.8. The minimum absolute atomic E-state index is 0.214. The van der Waals surface area contributed by atoms with Gasteiger partial charge in [-0.15, -0.1) is 0 Å². The average molecular weight is 487 g/mol. The third-order valence-electron chi connectivity index (χ3n) is 6.68. The fourth-order valence-corrected chi connectivity index (χ4v) is 5.29. The molecule has 1 aliphatic rings. The van der Waals surface area contributed by atoms with Gasteiger partial charge in [0.05, 0.1) is 12.1 Å². The van der Waals surface area contributed by atoms with Gasteiger partial charge in [-0.05, 0) is 46.5 Å². The third-order valence-corrected chi connectivity index (χ3v) is 7.19. The summed E-state index contributed by atoms with van der Waals surface area (Å²) in [6.45, 7) is 3.94. The summed E-state index contributed by atoms with van der Waals surface area (Å²) in [7, 11) is 0. The fraction of sp³-hybridized carbons (Fsp3) is 0.200. The van der Waals surface area contributed by atoms with Crippen molar-refractivity contribution in [2.24, 2.45) is 0 Å². The van der Waals surface area contributed by atoms with Crippen LogP contribution in [0.4, 0.5) is 0 Å². The molecule has 1 heterocycles. The molecule has 0 aromatic heterocycles. The van der Waals surface area contributed by atoms with Crippen LogP contribution in [0.15, 0.2) is 109 Å². The molecule has 2 atom stereocenters. The van der Waals surface area contributed by atoms with E-state index < -0.39 is 0 Å². The van der Waals surface area contributed by atoms with Crippen molar-refractivity contribution in [3.8, 4) is 0 Å². The van der Waals surface area contributed by atoms with E-state index in [1.54, 1.807) is 0 Å². The molecule has 5 rings (SSSR count). The van der Waals surface area contributed by atoms with Crippen LogP contribution in [0.2, 0.25) is 10.0 Å². The van der Waals surface area contributed by atoms with E-state index in [0.717, 1.165) is 36.2 Å². The zero-order valence-corrected chi connectivity index (χ0v) is 20.5. The lowest BCUT2D eigenvalue weighted by atomic mass is 9.94. The molecule has 0 spiro atoms. The lowest BCUT2D eigenvalue weighted by Gasteiger charge is -2.43. The average Bonchev–Trinajstić information content (AvgIpc) is 2.89. The molecule has 0 amide bonds. The molecule has 0 aliphatic carbocycles. The molecule has 2 nitrogen and oxygen atoms in total. The molecular formula is C30H28Cl2N2. The van der Waals surface area contributed by atoms with E-state index in [4.69, 9.17) is 23.2 Å². The van der Waals surface area contributed by atoms with Gasteiger partial charge in [-0.1, -0.05) is 108 Å². The Morgan fingerprint density at radius 1 is 0.412 bits per heavy atom. The van der Waals surface area contributed by atoms with Crippen molar-refractivity contribution in [2.45, 2.75) is 12.1 Å². The van der Waals surface area contributed by atoms with Gasteiger partial charge >= 0.3 is 0 Å². The lowest BCUT2D eigenvalue weighted by molar-refractivity contribution is 0.0898. The standard InChI is InChI=1S/C30H28Cl2N2/c31-27-15-11-25(12-16-27)29(23-7-3-1-4-8-23)33-19-21-34(22-20-33)30(24-9-5-2-6-10-24)26-13-17-28(32)18-14-26/h1-18,29-30H,19-22H2/t29-,30+. The van der Waals surface area contributed by atoms with Gasteiger partial charge in [0.2, 0.25) is 0 Å². The first-order valence-corrected chi connectivity index (χ1v) is 12.5. The maximum atomic E-state index is 6.20. The second-order valence-electron chi connectivity index (χ2n) is 8.80. The summed E-state index contributed by atoms with van der Waals surface area (Å²) >= 11 is 12.4. The van der Waals surface area contributed by atoms with Crippen LogP contribution in [-0.4, -0.2) is 36.0 Å². The van der Waals surface area contributed by atoms with Crippen LogP contribution in [0.25, 0.3) is 0 Å². The molecule has 1 aliphatic heterocycles. The van der Waals surface area contributed by atoms with Crippen LogP contribution in [0.5, 0.6) is 0 Å². The van der Waals surface area contributed by atoms with Crippen molar-refractivity contribution in [1.82, 2.24) is 9.80 Å². The van der Waals surface area contributed by atoms with Gasteiger partial charge in [0, 0.05) is 36.2 Å². The second-order valence-corrected chi connectivity index (χ2v) is 9.67. The molecule has 0 unspecified atom stereocenters. The Morgan fingerprint density at radius 3 is 1.03 bits per heavy atom. The SMILES string of the molecule is Clc1ccc([C@@H](c2ccccc2)N2CCN([C@@H](c3ccccc3)c3ccc(Cl)cc3)CC2)cc1. The lowest BCUT2D eigenvalue weighted by Crippen LogP contribution is -2.49. The van der Waals surface area contributed by atoms with Crippen LogP contribution < -0.4 is 0 Å². The first-order chi connectivity index (χ1) is 16.7. The van der Waals surface area contributed by atoms with Gasteiger partial charge in [-0.3, -0.25) is 9.80 Å². The van der Waals surface area contributed by atoms with Gasteiger partial charge in [0.25, 0.3) is 0 Å². The zero-order valence-electron chi connectivity index (χ0n) is 19.0. The highest BCUT2D eigenvalue weighted by Crippen LogP contribution is 2.34. The molecule has 172 valence electrons. The van der Waals surface area contributed by atoms with Gasteiger partial charge in [-0.25, -0.2) is 0 Å². The molecule has 0 radical (unpaired) electrons. The van der Waals surface area contributed by atoms with Gasteiger partial charge in [0.1, 0.15) is 0 Å². The maximum absolute atomic E-state index is 6.20. The summed E-state index contributed by atoms with van der Waals surface area (Å²) in [5.41, 5.74) is 5.19. The molecule has 1 fully saturated rings. The van der Waals surface area contributed by atoms with Crippen LogP contribution in [0, 0.1) is 0 Å². The van der Waals surface area contributed by atoms with E-state index in [0.29, 0.717) is 0 Å². The smallest absolute Gasteiger partial charge is 0.0602 e. The molecule has 0 N–H and O–H groups in total. The fourth-order valence-electron chi connectivity index (χ4n) is 5.04. The molecule has 0 saturated carbocycles. The molecule has 34 heavy (non-hydrogen) atoms. The molecule has 1 saturated heterocycles. The minimum atomic E-state index is 0.214. The first kappa shape index (κ1) is 23.1. The Kier molecular flexibility index (Phi) is 7.32. The van der Waals surface area contributed by atoms with Gasteiger partial charge in [0.15, 0.2) is 0 Å². The third kappa shape index (κ3) is 5.21. The van der Waals surface area contributed by atoms with E-state index in [-0.39, 0.29) is 12.1 Å². The van der Waals surface area contributed by atoms with Crippen LogP contribution >= 0.6 is 23.2 Å². The Morgan fingerprint density at radius 2 is 0.706 bits per heavy atom. The van der Waals surface area contributed by atoms with Gasteiger partial charge in [-0.2, -0.15) is 0 Å². The van der Waals surface area contributed by atoms with Crippen molar-refractivity contribution in [1.29, 1.82) is 0 Å². The highest BCUT2D eigenvalue weighted by Gasteiger charge is 2.30. The minimum Gasteiger partial charge on any atom is -0.290 e. The van der Waals surface area contributed by atoms with Crippen molar-refractivity contribution in [2.75, 3.05) is 26.2 Å². The summed E-state index contributed by atoms with van der Waals surface area (Å²) < 4.78 is 0. The first-order valence-electron chi connectivity index (χ1n) is 11.8. The van der Waals surface area contributed by atoms with Crippen molar-refractivity contribution in [3.05, 3.63) is 141 Å². The Labute approximate surface area is 212 Å². The van der Waals surface area contributed by atoms with Crippen molar-refractivity contribution >= 4 is 23.2 Å². The molecule has 4 aromatic carbocycles. The number of hydrogen-bond donors (Lipinski definition) is 0. The van der Waals surface area contributed by atoms with Gasteiger partial charge < -0.3 is 0 Å². The van der Waals surface area contributed by atoms with Crippen LogP contribution in [0.3, 0.4) is 0 Å². The topological polar surface area (TPSA) is 6.48 Å². The maximum Gasteiger partial charge on any atom is 0.0602 e. The van der Waals surface area contributed by atoms with Crippen LogP contribution in [0.1, 0.15) is 34.3 Å². The van der Waals surface area contributed by atoms with Crippen molar-refractivity contribution in [3.63, 3.8) is 0 Å². The number of nitrogens with zero attached hydrogens (tertiary/aromatic N) is 2. The monoisotopic (exact) mass is 486 g/mol. The predicted octanol–water partition coefficient (Wildman–Crippen LogP) is 7.49. The van der Waals surface area contributed by atoms with E-state index in [2.05, 4.69) is 94.7 Å².